The largest absolute Gasteiger partial charge is 0.457 e. The third-order valence-electron chi connectivity index (χ3n) is 5.72. The topological polar surface area (TPSA) is 85.5 Å². The number of rotatable bonds is 5. The number of pyridine rings is 1. The number of carbonyl (C=O) groups excluding carboxylic acids is 2. The molecule has 0 saturated carbocycles. The Morgan fingerprint density at radius 1 is 0.970 bits per heavy atom. The van der Waals surface area contributed by atoms with Crippen molar-refractivity contribution < 1.29 is 14.3 Å². The predicted molar refractivity (Wildman–Crippen MR) is 127 cm³/mol. The van der Waals surface area contributed by atoms with Gasteiger partial charge in [-0.3, -0.25) is 14.6 Å². The second-order valence-electron chi connectivity index (χ2n) is 7.88. The van der Waals surface area contributed by atoms with Gasteiger partial charge in [0.1, 0.15) is 11.5 Å². The minimum absolute atomic E-state index is 0.133. The number of hydrogen-bond donors (Lipinski definition) is 1. The molecule has 1 aromatic heterocycles. The maximum atomic E-state index is 12.1. The van der Waals surface area contributed by atoms with Crippen LogP contribution in [0.2, 0.25) is 0 Å². The van der Waals surface area contributed by atoms with E-state index < -0.39 is 5.91 Å². The molecule has 1 aliphatic heterocycles. The molecule has 33 heavy (non-hydrogen) atoms. The average Bonchev–Trinajstić information content (AvgIpc) is 2.85. The van der Waals surface area contributed by atoms with Crippen LogP contribution in [0.4, 0.5) is 0 Å². The zero-order chi connectivity index (χ0) is 23.2. The van der Waals surface area contributed by atoms with E-state index in [0.29, 0.717) is 30.1 Å². The van der Waals surface area contributed by atoms with Gasteiger partial charge in [-0.15, -0.1) is 0 Å². The Morgan fingerprint density at radius 2 is 1.64 bits per heavy atom. The molecular formula is C27H25N3O3. The lowest BCUT2D eigenvalue weighted by Crippen LogP contribution is -2.37. The lowest BCUT2D eigenvalue weighted by molar-refractivity contribution is -0.126. The molecule has 1 saturated heterocycles. The van der Waals surface area contributed by atoms with Crippen LogP contribution >= 0.6 is 0 Å². The van der Waals surface area contributed by atoms with Crippen LogP contribution in [0.25, 0.3) is 11.3 Å². The number of benzene rings is 2. The van der Waals surface area contributed by atoms with E-state index in [-0.39, 0.29) is 11.8 Å². The van der Waals surface area contributed by atoms with Crippen LogP contribution in [-0.2, 0) is 4.79 Å². The van der Waals surface area contributed by atoms with E-state index in [0.717, 1.165) is 29.8 Å². The van der Waals surface area contributed by atoms with Crippen LogP contribution in [0.1, 0.15) is 41.7 Å². The summed E-state index contributed by atoms with van der Waals surface area (Å²) in [6.07, 6.45) is 1.59. The molecule has 6 nitrogen and oxygen atoms in total. The molecule has 0 bridgehead atoms. The van der Waals surface area contributed by atoms with Gasteiger partial charge < -0.3 is 15.4 Å². The highest BCUT2D eigenvalue weighted by atomic mass is 16.5. The highest BCUT2D eigenvalue weighted by Crippen LogP contribution is 2.31. The maximum Gasteiger partial charge on any atom is 0.298 e. The van der Waals surface area contributed by atoms with Crippen LogP contribution in [0, 0.1) is 11.8 Å². The first-order valence-corrected chi connectivity index (χ1v) is 10.9. The summed E-state index contributed by atoms with van der Waals surface area (Å²) >= 11 is 0. The van der Waals surface area contributed by atoms with E-state index >= 15 is 0 Å². The van der Waals surface area contributed by atoms with Gasteiger partial charge in [0.25, 0.3) is 11.8 Å². The van der Waals surface area contributed by atoms with E-state index in [1.165, 1.54) is 0 Å². The van der Waals surface area contributed by atoms with E-state index in [9.17, 15) is 9.59 Å². The smallest absolute Gasteiger partial charge is 0.298 e. The third-order valence-corrected chi connectivity index (χ3v) is 5.72. The number of ether oxygens (including phenoxy) is 1. The minimum atomic E-state index is -0.521. The van der Waals surface area contributed by atoms with E-state index in [1.54, 1.807) is 17.9 Å². The van der Waals surface area contributed by atoms with Gasteiger partial charge in [0.15, 0.2) is 0 Å². The molecule has 6 heteroatoms. The van der Waals surface area contributed by atoms with Crippen molar-refractivity contribution in [3.8, 4) is 34.6 Å². The summed E-state index contributed by atoms with van der Waals surface area (Å²) in [5, 5.41) is 0. The number of primary amides is 1. The molecule has 2 heterocycles. The second-order valence-corrected chi connectivity index (χ2v) is 7.88. The fourth-order valence-electron chi connectivity index (χ4n) is 3.99. The van der Waals surface area contributed by atoms with Crippen molar-refractivity contribution in [2.45, 2.75) is 25.7 Å². The first kappa shape index (κ1) is 22.1. The normalized spacial score (nSPS) is 13.7. The maximum absolute atomic E-state index is 12.1. The van der Waals surface area contributed by atoms with Crippen LogP contribution < -0.4 is 10.5 Å². The number of hydrogen-bond acceptors (Lipinski definition) is 4. The highest BCUT2D eigenvalue weighted by molar-refractivity contribution is 5.98. The Hall–Kier alpha value is -4.11. The molecule has 2 N–H and O–H groups in total. The first-order chi connectivity index (χ1) is 16.0. The van der Waals surface area contributed by atoms with Crippen molar-refractivity contribution in [3.05, 3.63) is 78.0 Å². The monoisotopic (exact) mass is 439 g/mol. The van der Waals surface area contributed by atoms with Crippen molar-refractivity contribution in [1.29, 1.82) is 0 Å². The molecule has 3 aromatic rings. The Labute approximate surface area is 193 Å². The number of para-hydroxylation sites is 1. The minimum Gasteiger partial charge on any atom is -0.457 e. The molecule has 0 radical (unpaired) electrons. The fourth-order valence-corrected chi connectivity index (χ4v) is 3.99. The molecule has 4 rings (SSSR count). The Balaban J connectivity index is 1.55. The van der Waals surface area contributed by atoms with Gasteiger partial charge in [0, 0.05) is 30.3 Å². The summed E-state index contributed by atoms with van der Waals surface area (Å²) in [5.41, 5.74) is 8.25. The van der Waals surface area contributed by atoms with Crippen LogP contribution in [0.15, 0.2) is 66.7 Å². The van der Waals surface area contributed by atoms with Gasteiger partial charge in [-0.2, -0.15) is 0 Å². The SMILES string of the molecule is CC#CC(=O)N1CCC(c2ccc(C(N)=O)c(-c3ccc(Oc4ccccc4)cc3)n2)CC1. The van der Waals surface area contributed by atoms with Gasteiger partial charge in [-0.1, -0.05) is 24.1 Å². The summed E-state index contributed by atoms with van der Waals surface area (Å²) < 4.78 is 5.86. The predicted octanol–water partition coefficient (Wildman–Crippen LogP) is 4.37. The van der Waals surface area contributed by atoms with Gasteiger partial charge >= 0.3 is 0 Å². The Kier molecular flexibility index (Phi) is 6.70. The summed E-state index contributed by atoms with van der Waals surface area (Å²) in [6.45, 7) is 2.94. The summed E-state index contributed by atoms with van der Waals surface area (Å²) in [6, 6.07) is 20.6. The number of likely N-dealkylation sites (tertiary alicyclic amines) is 1. The zero-order valence-electron chi connectivity index (χ0n) is 18.5. The fraction of sp³-hybridized carbons (Fsp3) is 0.222. The van der Waals surface area contributed by atoms with Gasteiger partial charge in [-0.05, 0) is 74.2 Å². The van der Waals surface area contributed by atoms with Crippen molar-refractivity contribution in [1.82, 2.24) is 9.88 Å². The van der Waals surface area contributed by atoms with Crippen LogP contribution in [0.5, 0.6) is 11.5 Å². The summed E-state index contributed by atoms with van der Waals surface area (Å²) in [5.74, 6) is 6.24. The van der Waals surface area contributed by atoms with Crippen LogP contribution in [-0.4, -0.2) is 34.8 Å². The Bertz CT molecular complexity index is 1200. The van der Waals surface area contributed by atoms with Crippen molar-refractivity contribution in [2.75, 3.05) is 13.1 Å². The first-order valence-electron chi connectivity index (χ1n) is 10.9. The molecule has 0 unspecified atom stereocenters. The highest BCUT2D eigenvalue weighted by Gasteiger charge is 2.25. The van der Waals surface area contributed by atoms with E-state index in [2.05, 4.69) is 11.8 Å². The van der Waals surface area contributed by atoms with Crippen molar-refractivity contribution in [3.63, 3.8) is 0 Å². The van der Waals surface area contributed by atoms with Gasteiger partial charge in [0.2, 0.25) is 0 Å². The Morgan fingerprint density at radius 3 is 2.27 bits per heavy atom. The molecule has 2 amide bonds. The van der Waals surface area contributed by atoms with E-state index in [4.69, 9.17) is 15.5 Å². The number of aromatic nitrogens is 1. The average molecular weight is 440 g/mol. The molecule has 166 valence electrons. The van der Waals surface area contributed by atoms with Crippen molar-refractivity contribution in [2.24, 2.45) is 5.73 Å². The lowest BCUT2D eigenvalue weighted by atomic mass is 9.91. The quantitative estimate of drug-likeness (QED) is 0.598. The van der Waals surface area contributed by atoms with Gasteiger partial charge in [-0.25, -0.2) is 0 Å². The number of nitrogens with two attached hydrogens (primary N) is 1. The number of piperidine rings is 1. The number of carbonyl (C=O) groups is 2. The van der Waals surface area contributed by atoms with E-state index in [1.807, 2.05) is 60.7 Å². The van der Waals surface area contributed by atoms with Crippen LogP contribution in [0.3, 0.4) is 0 Å². The number of nitrogens with zero attached hydrogens (tertiary/aromatic N) is 2. The molecule has 1 aliphatic rings. The number of amides is 2. The molecule has 1 fully saturated rings. The zero-order valence-corrected chi connectivity index (χ0v) is 18.5. The summed E-state index contributed by atoms with van der Waals surface area (Å²) in [7, 11) is 0. The lowest BCUT2D eigenvalue weighted by Gasteiger charge is -2.30. The summed E-state index contributed by atoms with van der Waals surface area (Å²) in [4.78, 5) is 30.7. The molecule has 0 spiro atoms. The molecule has 0 atom stereocenters. The molecule has 2 aromatic carbocycles. The third kappa shape index (κ3) is 5.21. The molecule has 0 aliphatic carbocycles. The van der Waals surface area contributed by atoms with Crippen molar-refractivity contribution >= 4 is 11.8 Å². The second kappa shape index (κ2) is 10.0. The standard InChI is InChI=1S/C27H25N3O3/c1-2-6-25(31)30-17-15-19(16-18-30)24-14-13-23(27(28)32)26(29-24)20-9-11-22(12-10-20)33-21-7-4-3-5-8-21/h3-5,7-14,19H,15-18H2,1H3,(H2,28,32). The molecular weight excluding hydrogens is 414 g/mol. The van der Waals surface area contributed by atoms with Gasteiger partial charge in [0.05, 0.1) is 11.3 Å².